The van der Waals surface area contributed by atoms with Crippen LogP contribution < -0.4 is 5.32 Å². The monoisotopic (exact) mass is 332 g/mol. The van der Waals surface area contributed by atoms with Gasteiger partial charge >= 0.3 is 11.9 Å². The molecular weight excluding hydrogens is 324 g/mol. The Bertz CT molecular complexity index is 757. The number of nitro groups is 1. The Morgan fingerprint density at radius 3 is 2.52 bits per heavy atom. The predicted octanol–water partition coefficient (Wildman–Crippen LogP) is 2.59. The molecule has 122 valence electrons. The number of carbonyl (C=O) groups is 1. The second-order valence-corrected chi connectivity index (χ2v) is 4.34. The van der Waals surface area contributed by atoms with E-state index in [1.165, 1.54) is 18.2 Å². The van der Waals surface area contributed by atoms with Crippen molar-refractivity contribution in [1.82, 2.24) is 9.78 Å². The summed E-state index contributed by atoms with van der Waals surface area (Å²) >= 11 is 0. The van der Waals surface area contributed by atoms with Gasteiger partial charge in [-0.25, -0.2) is 4.39 Å². The highest BCUT2D eigenvalue weighted by Gasteiger charge is 2.42. The fraction of sp³-hybridized carbons (Fsp3) is 0.167. The molecule has 0 aliphatic rings. The third kappa shape index (κ3) is 3.81. The van der Waals surface area contributed by atoms with Gasteiger partial charge in [0.05, 0.1) is 10.6 Å². The van der Waals surface area contributed by atoms with Crippen LogP contribution in [0.15, 0.2) is 30.5 Å². The summed E-state index contributed by atoms with van der Waals surface area (Å²) in [6.07, 6.45) is -4.54. The van der Waals surface area contributed by atoms with Crippen molar-refractivity contribution in [2.75, 3.05) is 5.32 Å². The Morgan fingerprint density at radius 2 is 2.00 bits per heavy atom. The molecule has 0 bridgehead atoms. The summed E-state index contributed by atoms with van der Waals surface area (Å²) in [5.41, 5.74) is -3.15. The number of benzene rings is 1. The lowest BCUT2D eigenvalue weighted by Gasteiger charge is -2.06. The number of nitrogens with zero attached hydrogens (tertiary/aromatic N) is 3. The Balaban J connectivity index is 2.19. The molecule has 0 aliphatic heterocycles. The molecule has 0 saturated heterocycles. The lowest BCUT2D eigenvalue weighted by molar-refractivity contribution is -0.388. The number of hydrogen-bond acceptors (Lipinski definition) is 4. The molecule has 1 N–H and O–H groups in total. The van der Waals surface area contributed by atoms with E-state index in [9.17, 15) is 32.5 Å². The normalized spacial score (nSPS) is 11.3. The first kappa shape index (κ1) is 16.4. The quantitative estimate of drug-likeness (QED) is 0.529. The van der Waals surface area contributed by atoms with Gasteiger partial charge in [-0.1, -0.05) is 12.1 Å². The number of anilines is 1. The van der Waals surface area contributed by atoms with Crippen LogP contribution in [-0.2, 0) is 17.5 Å². The van der Waals surface area contributed by atoms with Crippen molar-refractivity contribution in [3.8, 4) is 0 Å². The van der Waals surface area contributed by atoms with Gasteiger partial charge in [0.25, 0.3) is 0 Å². The number of halogens is 4. The third-order valence-corrected chi connectivity index (χ3v) is 2.66. The summed E-state index contributed by atoms with van der Waals surface area (Å²) < 4.78 is 51.7. The standard InChI is InChI=1S/C12H8F4N4O3/c13-7-3-1-2-4-8(7)17-10(21)6-19-5-9(20(22)23)11(18-19)12(14,15)16/h1-5H,6H2,(H,17,21). The Hall–Kier alpha value is -2.98. The third-order valence-electron chi connectivity index (χ3n) is 2.66. The summed E-state index contributed by atoms with van der Waals surface area (Å²) in [6.45, 7) is -0.745. The SMILES string of the molecule is O=C(Cn1cc([N+](=O)[O-])c(C(F)(F)F)n1)Nc1ccccc1F. The molecular formula is C12H8F4N4O3. The molecule has 1 heterocycles. The highest BCUT2D eigenvalue weighted by atomic mass is 19.4. The minimum atomic E-state index is -5.03. The number of carbonyl (C=O) groups excluding carboxylic acids is 1. The van der Waals surface area contributed by atoms with Gasteiger partial charge in [-0.3, -0.25) is 19.6 Å². The first-order chi connectivity index (χ1) is 10.7. The Morgan fingerprint density at radius 1 is 1.35 bits per heavy atom. The molecule has 1 aromatic heterocycles. The van der Waals surface area contributed by atoms with Crippen molar-refractivity contribution >= 4 is 17.3 Å². The highest BCUT2D eigenvalue weighted by Crippen LogP contribution is 2.34. The average Bonchev–Trinajstić information content (AvgIpc) is 2.85. The van der Waals surface area contributed by atoms with E-state index in [4.69, 9.17) is 0 Å². The van der Waals surface area contributed by atoms with Gasteiger partial charge in [-0.05, 0) is 12.1 Å². The summed E-state index contributed by atoms with van der Waals surface area (Å²) in [5.74, 6) is -1.62. The van der Waals surface area contributed by atoms with Crippen LogP contribution in [0.1, 0.15) is 5.69 Å². The maximum Gasteiger partial charge on any atom is 0.442 e. The molecule has 0 aliphatic carbocycles. The summed E-state index contributed by atoms with van der Waals surface area (Å²) in [4.78, 5) is 21.0. The van der Waals surface area contributed by atoms with Crippen molar-refractivity contribution in [2.24, 2.45) is 0 Å². The molecule has 2 rings (SSSR count). The second kappa shape index (κ2) is 6.02. The lowest BCUT2D eigenvalue weighted by Crippen LogP contribution is -2.20. The fourth-order valence-electron chi connectivity index (χ4n) is 1.73. The molecule has 0 atom stereocenters. The summed E-state index contributed by atoms with van der Waals surface area (Å²) in [5, 5.41) is 15.7. The molecule has 11 heteroatoms. The number of amides is 1. The highest BCUT2D eigenvalue weighted by molar-refractivity contribution is 5.90. The van der Waals surface area contributed by atoms with Gasteiger partial charge in [0.1, 0.15) is 18.6 Å². The molecule has 7 nitrogen and oxygen atoms in total. The van der Waals surface area contributed by atoms with Gasteiger partial charge in [0.15, 0.2) is 0 Å². The van der Waals surface area contributed by atoms with Crippen LogP contribution in [0.4, 0.5) is 28.9 Å². The van der Waals surface area contributed by atoms with Crippen molar-refractivity contribution in [1.29, 1.82) is 0 Å². The van der Waals surface area contributed by atoms with Gasteiger partial charge in [0, 0.05) is 0 Å². The zero-order chi connectivity index (χ0) is 17.2. The molecule has 0 spiro atoms. The van der Waals surface area contributed by atoms with E-state index in [2.05, 4.69) is 10.4 Å². The predicted molar refractivity (Wildman–Crippen MR) is 68.9 cm³/mol. The van der Waals surface area contributed by atoms with Crippen LogP contribution in [0, 0.1) is 15.9 Å². The lowest BCUT2D eigenvalue weighted by atomic mass is 10.3. The fourth-order valence-corrected chi connectivity index (χ4v) is 1.73. The van der Waals surface area contributed by atoms with Crippen LogP contribution in [0.5, 0.6) is 0 Å². The van der Waals surface area contributed by atoms with Crippen LogP contribution in [0.2, 0.25) is 0 Å². The van der Waals surface area contributed by atoms with Crippen LogP contribution in [0.25, 0.3) is 0 Å². The zero-order valence-electron chi connectivity index (χ0n) is 11.2. The van der Waals surface area contributed by atoms with Gasteiger partial charge < -0.3 is 5.32 Å². The molecule has 0 radical (unpaired) electrons. The topological polar surface area (TPSA) is 90.1 Å². The number of alkyl halides is 3. The molecule has 0 fully saturated rings. The van der Waals surface area contributed by atoms with E-state index in [1.54, 1.807) is 0 Å². The van der Waals surface area contributed by atoms with Crippen molar-refractivity contribution in [3.05, 3.63) is 52.1 Å². The minimum absolute atomic E-state index is 0.171. The van der Waals surface area contributed by atoms with E-state index < -0.39 is 40.8 Å². The number of hydrogen-bond donors (Lipinski definition) is 1. The maximum absolute atomic E-state index is 13.3. The minimum Gasteiger partial charge on any atom is -0.322 e. The molecule has 1 aromatic carbocycles. The second-order valence-electron chi connectivity index (χ2n) is 4.34. The van der Waals surface area contributed by atoms with Crippen molar-refractivity contribution < 1.29 is 27.3 Å². The maximum atomic E-state index is 13.3. The van der Waals surface area contributed by atoms with Crippen molar-refractivity contribution in [3.63, 3.8) is 0 Å². The molecule has 0 saturated carbocycles. The van der Waals surface area contributed by atoms with Gasteiger partial charge in [-0.15, -0.1) is 0 Å². The largest absolute Gasteiger partial charge is 0.442 e. The smallest absolute Gasteiger partial charge is 0.322 e. The Kier molecular flexibility index (Phi) is 4.29. The van der Waals surface area contributed by atoms with Crippen molar-refractivity contribution in [2.45, 2.75) is 12.7 Å². The first-order valence-electron chi connectivity index (χ1n) is 6.02. The van der Waals surface area contributed by atoms with E-state index in [0.29, 0.717) is 10.9 Å². The molecule has 23 heavy (non-hydrogen) atoms. The van der Waals surface area contributed by atoms with E-state index in [-0.39, 0.29) is 5.69 Å². The zero-order valence-corrected chi connectivity index (χ0v) is 11.2. The summed E-state index contributed by atoms with van der Waals surface area (Å²) in [7, 11) is 0. The Labute approximate surface area is 125 Å². The van der Waals surface area contributed by atoms with Gasteiger partial charge in [0.2, 0.25) is 11.6 Å². The number of aromatic nitrogens is 2. The molecule has 1 amide bonds. The number of para-hydroxylation sites is 1. The first-order valence-corrected chi connectivity index (χ1v) is 6.02. The van der Waals surface area contributed by atoms with Crippen LogP contribution in [-0.4, -0.2) is 20.6 Å². The molecule has 2 aromatic rings. The van der Waals surface area contributed by atoms with E-state index in [0.717, 1.165) is 6.07 Å². The summed E-state index contributed by atoms with van der Waals surface area (Å²) in [6, 6.07) is 5.16. The van der Waals surface area contributed by atoms with Gasteiger partial charge in [-0.2, -0.15) is 18.3 Å². The number of nitrogens with one attached hydrogen (secondary N) is 1. The average molecular weight is 332 g/mol. The van der Waals surface area contributed by atoms with Crippen LogP contribution >= 0.6 is 0 Å². The van der Waals surface area contributed by atoms with Crippen LogP contribution in [0.3, 0.4) is 0 Å². The number of rotatable bonds is 4. The molecule has 0 unspecified atom stereocenters. The van der Waals surface area contributed by atoms with E-state index in [1.807, 2.05) is 0 Å². The van der Waals surface area contributed by atoms with E-state index >= 15 is 0 Å².